The number of benzene rings is 3. The van der Waals surface area contributed by atoms with Crippen LogP contribution in [0.1, 0.15) is 34.3 Å². The fourth-order valence-electron chi connectivity index (χ4n) is 4.00. The molecule has 0 atom stereocenters. The molecule has 0 spiro atoms. The number of ether oxygens (including phenoxy) is 2. The largest absolute Gasteiger partial charge is 0.454 e. The average molecular weight is 414 g/mol. The van der Waals surface area contributed by atoms with Gasteiger partial charge in [-0.3, -0.25) is 9.59 Å². The molecule has 2 aliphatic rings. The molecule has 5 rings (SSSR count). The second kappa shape index (κ2) is 7.16. The van der Waals surface area contributed by atoms with Gasteiger partial charge in [-0.1, -0.05) is 30.3 Å². The molecule has 0 bridgehead atoms. The third-order valence-corrected chi connectivity index (χ3v) is 6.08. The van der Waals surface area contributed by atoms with Gasteiger partial charge in [-0.05, 0) is 72.4 Å². The number of nitrogens with two attached hydrogens (primary N) is 1. The second-order valence-electron chi connectivity index (χ2n) is 8.08. The van der Waals surface area contributed by atoms with Gasteiger partial charge in [0, 0.05) is 11.3 Å². The molecule has 0 unspecified atom stereocenters. The highest BCUT2D eigenvalue weighted by atomic mass is 16.7. The normalized spacial score (nSPS) is 15.4. The van der Waals surface area contributed by atoms with Crippen molar-refractivity contribution in [1.82, 2.24) is 0 Å². The van der Waals surface area contributed by atoms with Crippen LogP contribution in [0.15, 0.2) is 60.7 Å². The lowest BCUT2D eigenvalue weighted by Crippen LogP contribution is -2.28. The lowest BCUT2D eigenvalue weighted by molar-refractivity contribution is -0.118. The summed E-state index contributed by atoms with van der Waals surface area (Å²) in [5.74, 6) is 0.894. The quantitative estimate of drug-likeness (QED) is 0.656. The molecule has 1 aliphatic heterocycles. The van der Waals surface area contributed by atoms with E-state index in [2.05, 4.69) is 5.32 Å². The first-order chi connectivity index (χ1) is 15.0. The van der Waals surface area contributed by atoms with E-state index in [0.29, 0.717) is 17.1 Å². The van der Waals surface area contributed by atoms with E-state index in [-0.39, 0.29) is 12.7 Å². The van der Waals surface area contributed by atoms with E-state index in [9.17, 15) is 9.59 Å². The third-order valence-electron chi connectivity index (χ3n) is 6.08. The van der Waals surface area contributed by atoms with Crippen molar-refractivity contribution in [3.63, 3.8) is 0 Å². The molecule has 156 valence electrons. The van der Waals surface area contributed by atoms with E-state index >= 15 is 0 Å². The van der Waals surface area contributed by atoms with Gasteiger partial charge in [0.15, 0.2) is 11.5 Å². The Hall–Kier alpha value is -3.80. The fraction of sp³-hybridized carbons (Fsp3) is 0.200. The predicted octanol–water partition coefficient (Wildman–Crippen LogP) is 4.16. The minimum Gasteiger partial charge on any atom is -0.454 e. The molecule has 1 aliphatic carbocycles. The molecule has 3 N–H and O–H groups in total. The number of hydrogen-bond donors (Lipinski definition) is 2. The van der Waals surface area contributed by atoms with Crippen molar-refractivity contribution >= 4 is 17.5 Å². The van der Waals surface area contributed by atoms with Gasteiger partial charge in [-0.2, -0.15) is 0 Å². The Morgan fingerprint density at radius 1 is 0.935 bits per heavy atom. The summed E-state index contributed by atoms with van der Waals surface area (Å²) in [7, 11) is 0. The summed E-state index contributed by atoms with van der Waals surface area (Å²) in [5, 5.41) is 3.12. The Labute approximate surface area is 180 Å². The number of primary amides is 1. The molecule has 0 saturated heterocycles. The van der Waals surface area contributed by atoms with Gasteiger partial charge in [0.1, 0.15) is 0 Å². The summed E-state index contributed by atoms with van der Waals surface area (Å²) in [4.78, 5) is 24.8. The molecule has 1 heterocycles. The fourth-order valence-corrected chi connectivity index (χ4v) is 4.00. The Kier molecular flexibility index (Phi) is 4.43. The van der Waals surface area contributed by atoms with Gasteiger partial charge in [-0.15, -0.1) is 0 Å². The van der Waals surface area contributed by atoms with Crippen LogP contribution in [-0.4, -0.2) is 18.6 Å². The maximum atomic E-state index is 13.3. The highest BCUT2D eigenvalue weighted by molar-refractivity contribution is 6.02. The Morgan fingerprint density at radius 2 is 1.71 bits per heavy atom. The van der Waals surface area contributed by atoms with Crippen molar-refractivity contribution in [3.05, 3.63) is 77.4 Å². The highest BCUT2D eigenvalue weighted by Crippen LogP contribution is 2.51. The van der Waals surface area contributed by atoms with Crippen LogP contribution in [0.3, 0.4) is 0 Å². The van der Waals surface area contributed by atoms with Gasteiger partial charge in [0.05, 0.1) is 5.41 Å². The monoisotopic (exact) mass is 414 g/mol. The summed E-state index contributed by atoms with van der Waals surface area (Å²) in [6.45, 7) is 2.17. The zero-order valence-corrected chi connectivity index (χ0v) is 17.1. The predicted molar refractivity (Wildman–Crippen MR) is 117 cm³/mol. The molecule has 3 aromatic rings. The highest BCUT2D eigenvalue weighted by Gasteiger charge is 2.51. The van der Waals surface area contributed by atoms with Crippen molar-refractivity contribution in [2.24, 2.45) is 5.73 Å². The number of rotatable bonds is 5. The smallest absolute Gasteiger partial charge is 0.248 e. The van der Waals surface area contributed by atoms with Gasteiger partial charge < -0.3 is 20.5 Å². The molecule has 6 heteroatoms. The number of amides is 2. The van der Waals surface area contributed by atoms with Crippen molar-refractivity contribution in [2.45, 2.75) is 25.2 Å². The van der Waals surface area contributed by atoms with Gasteiger partial charge >= 0.3 is 0 Å². The van der Waals surface area contributed by atoms with Crippen LogP contribution in [0.25, 0.3) is 11.1 Å². The van der Waals surface area contributed by atoms with Crippen molar-refractivity contribution in [2.75, 3.05) is 12.1 Å². The molecule has 6 nitrogen and oxygen atoms in total. The Bertz CT molecular complexity index is 1210. The summed E-state index contributed by atoms with van der Waals surface area (Å²) < 4.78 is 10.9. The van der Waals surface area contributed by atoms with E-state index in [0.717, 1.165) is 40.8 Å². The molecular formula is C25H22N2O4. The minimum atomic E-state index is -0.546. The van der Waals surface area contributed by atoms with Crippen molar-refractivity contribution < 1.29 is 19.1 Å². The van der Waals surface area contributed by atoms with Crippen LogP contribution in [0.5, 0.6) is 11.5 Å². The molecule has 31 heavy (non-hydrogen) atoms. The lowest BCUT2D eigenvalue weighted by Gasteiger charge is -2.18. The van der Waals surface area contributed by atoms with E-state index in [1.165, 1.54) is 0 Å². The maximum absolute atomic E-state index is 13.3. The van der Waals surface area contributed by atoms with Crippen LogP contribution >= 0.6 is 0 Å². The van der Waals surface area contributed by atoms with E-state index in [1.807, 2.05) is 49.4 Å². The van der Waals surface area contributed by atoms with E-state index < -0.39 is 11.3 Å². The topological polar surface area (TPSA) is 90.7 Å². The van der Waals surface area contributed by atoms with Crippen molar-refractivity contribution in [1.29, 1.82) is 0 Å². The molecule has 1 saturated carbocycles. The van der Waals surface area contributed by atoms with E-state index in [1.54, 1.807) is 18.2 Å². The van der Waals surface area contributed by atoms with Crippen LogP contribution in [0, 0.1) is 6.92 Å². The SMILES string of the molecule is Cc1ccc(-c2cccc(C(N)=O)c2)cc1NC(=O)C1(c2ccc3c(c2)OCO3)CC1. The van der Waals surface area contributed by atoms with Gasteiger partial charge in [-0.25, -0.2) is 0 Å². The standard InChI is InChI=1S/C25H22N2O4/c1-15-5-6-17(16-3-2-4-18(11-16)23(26)28)12-20(15)27-24(29)25(9-10-25)19-7-8-21-22(13-19)31-14-30-21/h2-8,11-13H,9-10,14H2,1H3,(H2,26,28)(H,27,29). The second-order valence-corrected chi connectivity index (χ2v) is 8.08. The van der Waals surface area contributed by atoms with Gasteiger partial charge in [0.25, 0.3) is 0 Å². The first-order valence-electron chi connectivity index (χ1n) is 10.2. The van der Waals surface area contributed by atoms with Crippen LogP contribution in [0.4, 0.5) is 5.69 Å². The third kappa shape index (κ3) is 3.40. The van der Waals surface area contributed by atoms with Crippen LogP contribution < -0.4 is 20.5 Å². The first kappa shape index (κ1) is 19.2. The number of aryl methyl sites for hydroxylation is 1. The van der Waals surface area contributed by atoms with Gasteiger partial charge in [0.2, 0.25) is 18.6 Å². The van der Waals surface area contributed by atoms with E-state index in [4.69, 9.17) is 15.2 Å². The minimum absolute atomic E-state index is 0.0301. The number of carbonyl (C=O) groups excluding carboxylic acids is 2. The summed E-state index contributed by atoms with van der Waals surface area (Å²) >= 11 is 0. The zero-order valence-electron chi connectivity index (χ0n) is 17.1. The number of nitrogens with one attached hydrogen (secondary N) is 1. The zero-order chi connectivity index (χ0) is 21.6. The molecule has 2 amide bonds. The molecule has 1 fully saturated rings. The molecule has 0 aromatic heterocycles. The lowest BCUT2D eigenvalue weighted by atomic mass is 9.94. The summed E-state index contributed by atoms with van der Waals surface area (Å²) in [6.07, 6.45) is 1.58. The molecular weight excluding hydrogens is 392 g/mol. The number of fused-ring (bicyclic) bond motifs is 1. The summed E-state index contributed by atoms with van der Waals surface area (Å²) in [5.41, 5.74) is 9.73. The number of carbonyl (C=O) groups is 2. The Balaban J connectivity index is 1.42. The molecule has 0 radical (unpaired) electrons. The first-order valence-corrected chi connectivity index (χ1v) is 10.2. The van der Waals surface area contributed by atoms with Crippen LogP contribution in [0.2, 0.25) is 0 Å². The molecule has 3 aromatic carbocycles. The van der Waals surface area contributed by atoms with Crippen LogP contribution in [-0.2, 0) is 10.2 Å². The Morgan fingerprint density at radius 3 is 2.48 bits per heavy atom. The number of hydrogen-bond acceptors (Lipinski definition) is 4. The summed E-state index contributed by atoms with van der Waals surface area (Å²) in [6, 6.07) is 18.7. The van der Waals surface area contributed by atoms with Crippen molar-refractivity contribution in [3.8, 4) is 22.6 Å². The maximum Gasteiger partial charge on any atom is 0.248 e. The number of anilines is 1. The average Bonchev–Trinajstić information content (AvgIpc) is 3.46.